The number of nitrogens with zero attached hydrogens (tertiary/aromatic N) is 2. The molecule has 0 aliphatic rings. The number of hydrazine groups is 1. The van der Waals surface area contributed by atoms with E-state index in [1.807, 2.05) is 0 Å². The maximum Gasteiger partial charge on any atom is 0.315 e. The Labute approximate surface area is 74.9 Å². The first-order chi connectivity index (χ1) is 6.06. The van der Waals surface area contributed by atoms with E-state index in [0.29, 0.717) is 11.3 Å². The molecule has 0 saturated heterocycles. The predicted octanol–water partition coefficient (Wildman–Crippen LogP) is 0.892. The molecule has 70 valence electrons. The molecule has 0 radical (unpaired) electrons. The predicted molar refractivity (Wildman–Crippen MR) is 48.2 cm³/mol. The van der Waals surface area contributed by atoms with Gasteiger partial charge in [-0.3, -0.25) is 10.1 Å². The molecular weight excluding hydrogens is 172 g/mol. The number of pyridine rings is 1. The van der Waals surface area contributed by atoms with Gasteiger partial charge in [-0.05, 0) is 19.9 Å². The molecule has 1 heterocycles. The number of nitrogens with one attached hydrogen (secondary N) is 1. The van der Waals surface area contributed by atoms with E-state index in [2.05, 4.69) is 10.4 Å². The molecule has 0 spiro atoms. The zero-order valence-electron chi connectivity index (χ0n) is 7.37. The molecule has 0 saturated carbocycles. The Kier molecular flexibility index (Phi) is 2.43. The summed E-state index contributed by atoms with van der Waals surface area (Å²) in [5.74, 6) is 5.21. The molecule has 1 rings (SSSR count). The zero-order chi connectivity index (χ0) is 10.0. The second-order valence-electron chi connectivity index (χ2n) is 2.68. The largest absolute Gasteiger partial charge is 0.315 e. The number of nitro groups is 1. The number of hydrogen-bond acceptors (Lipinski definition) is 5. The summed E-state index contributed by atoms with van der Waals surface area (Å²) in [6, 6.07) is 1.64. The van der Waals surface area contributed by atoms with Crippen LogP contribution in [0.15, 0.2) is 6.07 Å². The fourth-order valence-electron chi connectivity index (χ4n) is 1.16. The molecule has 3 N–H and O–H groups in total. The van der Waals surface area contributed by atoms with Crippen molar-refractivity contribution < 1.29 is 4.92 Å². The molecule has 6 nitrogen and oxygen atoms in total. The molecule has 0 amide bonds. The number of hydrogen-bond donors (Lipinski definition) is 2. The Morgan fingerprint density at radius 2 is 2.23 bits per heavy atom. The van der Waals surface area contributed by atoms with E-state index in [9.17, 15) is 10.1 Å². The lowest BCUT2D eigenvalue weighted by Gasteiger charge is -2.04. The van der Waals surface area contributed by atoms with Crippen molar-refractivity contribution in [1.29, 1.82) is 0 Å². The standard InChI is InChI=1S/C7H10N4O2/c1-4-3-5(2)9-7(10-8)6(4)11(12)13/h3H,8H2,1-2H3,(H,9,10). The van der Waals surface area contributed by atoms with Gasteiger partial charge in [0.25, 0.3) is 0 Å². The highest BCUT2D eigenvalue weighted by Crippen LogP contribution is 2.25. The van der Waals surface area contributed by atoms with E-state index >= 15 is 0 Å². The maximum atomic E-state index is 10.6. The summed E-state index contributed by atoms with van der Waals surface area (Å²) in [4.78, 5) is 14.0. The lowest BCUT2D eigenvalue weighted by Crippen LogP contribution is -2.12. The summed E-state index contributed by atoms with van der Waals surface area (Å²) < 4.78 is 0. The lowest BCUT2D eigenvalue weighted by molar-refractivity contribution is -0.384. The average Bonchev–Trinajstić information content (AvgIpc) is 2.01. The Morgan fingerprint density at radius 3 is 2.69 bits per heavy atom. The van der Waals surface area contributed by atoms with Crippen LogP contribution in [0.2, 0.25) is 0 Å². The molecular formula is C7H10N4O2. The normalized spacial score (nSPS) is 9.77. The molecule has 0 aliphatic carbocycles. The van der Waals surface area contributed by atoms with Crippen LogP contribution in [0.4, 0.5) is 11.5 Å². The van der Waals surface area contributed by atoms with Crippen molar-refractivity contribution in [2.75, 3.05) is 5.43 Å². The summed E-state index contributed by atoms with van der Waals surface area (Å²) in [5, 5.41) is 10.6. The van der Waals surface area contributed by atoms with Gasteiger partial charge in [-0.25, -0.2) is 10.8 Å². The van der Waals surface area contributed by atoms with Gasteiger partial charge in [0, 0.05) is 11.3 Å². The van der Waals surface area contributed by atoms with Crippen molar-refractivity contribution in [1.82, 2.24) is 4.98 Å². The van der Waals surface area contributed by atoms with Crippen LogP contribution < -0.4 is 11.3 Å². The molecule has 0 unspecified atom stereocenters. The van der Waals surface area contributed by atoms with E-state index in [4.69, 9.17) is 5.84 Å². The van der Waals surface area contributed by atoms with Gasteiger partial charge in [0.1, 0.15) is 0 Å². The van der Waals surface area contributed by atoms with Crippen LogP contribution in [0, 0.1) is 24.0 Å². The summed E-state index contributed by atoms with van der Waals surface area (Å²) in [5.41, 5.74) is 3.37. The second kappa shape index (κ2) is 3.36. The Morgan fingerprint density at radius 1 is 1.62 bits per heavy atom. The van der Waals surface area contributed by atoms with Crippen LogP contribution in [0.25, 0.3) is 0 Å². The van der Waals surface area contributed by atoms with Gasteiger partial charge < -0.3 is 5.43 Å². The van der Waals surface area contributed by atoms with Crippen molar-refractivity contribution in [2.24, 2.45) is 5.84 Å². The van der Waals surface area contributed by atoms with Crippen LogP contribution in [0.1, 0.15) is 11.3 Å². The van der Waals surface area contributed by atoms with Gasteiger partial charge >= 0.3 is 5.69 Å². The van der Waals surface area contributed by atoms with Gasteiger partial charge in [0.05, 0.1) is 4.92 Å². The third-order valence-electron chi connectivity index (χ3n) is 1.63. The third-order valence-corrected chi connectivity index (χ3v) is 1.63. The van der Waals surface area contributed by atoms with E-state index in [1.54, 1.807) is 19.9 Å². The van der Waals surface area contributed by atoms with Gasteiger partial charge in [0.2, 0.25) is 5.82 Å². The number of aryl methyl sites for hydroxylation is 2. The highest BCUT2D eigenvalue weighted by atomic mass is 16.6. The monoisotopic (exact) mass is 182 g/mol. The second-order valence-corrected chi connectivity index (χ2v) is 2.68. The Balaban J connectivity index is 3.38. The van der Waals surface area contributed by atoms with Gasteiger partial charge in [-0.1, -0.05) is 0 Å². The Hall–Kier alpha value is -1.69. The summed E-state index contributed by atoms with van der Waals surface area (Å²) in [7, 11) is 0. The lowest BCUT2D eigenvalue weighted by atomic mass is 10.2. The van der Waals surface area contributed by atoms with Crippen molar-refractivity contribution in [3.05, 3.63) is 27.4 Å². The van der Waals surface area contributed by atoms with Crippen LogP contribution in [0.5, 0.6) is 0 Å². The smallest absolute Gasteiger partial charge is 0.303 e. The van der Waals surface area contributed by atoms with Crippen LogP contribution in [-0.2, 0) is 0 Å². The van der Waals surface area contributed by atoms with Crippen molar-refractivity contribution >= 4 is 11.5 Å². The molecule has 0 fully saturated rings. The van der Waals surface area contributed by atoms with E-state index in [-0.39, 0.29) is 11.5 Å². The summed E-state index contributed by atoms with van der Waals surface area (Å²) in [6.45, 7) is 3.39. The zero-order valence-corrected chi connectivity index (χ0v) is 7.37. The molecule has 13 heavy (non-hydrogen) atoms. The first kappa shape index (κ1) is 9.40. The molecule has 1 aromatic rings. The number of anilines is 1. The minimum atomic E-state index is -0.503. The van der Waals surface area contributed by atoms with Crippen LogP contribution in [0.3, 0.4) is 0 Å². The minimum absolute atomic E-state index is 0.0758. The first-order valence-corrected chi connectivity index (χ1v) is 3.65. The van der Waals surface area contributed by atoms with Crippen LogP contribution >= 0.6 is 0 Å². The third kappa shape index (κ3) is 1.73. The SMILES string of the molecule is Cc1cc(C)c([N+](=O)[O-])c(NN)n1. The average molecular weight is 182 g/mol. The number of aromatic nitrogens is 1. The van der Waals surface area contributed by atoms with E-state index in [1.165, 1.54) is 0 Å². The minimum Gasteiger partial charge on any atom is -0.303 e. The number of rotatable bonds is 2. The Bertz CT molecular complexity index is 351. The summed E-state index contributed by atoms with van der Waals surface area (Å²) in [6.07, 6.45) is 0. The topological polar surface area (TPSA) is 94.1 Å². The van der Waals surface area contributed by atoms with E-state index in [0.717, 1.165) is 0 Å². The van der Waals surface area contributed by atoms with Crippen molar-refractivity contribution in [3.63, 3.8) is 0 Å². The van der Waals surface area contributed by atoms with E-state index < -0.39 is 4.92 Å². The summed E-state index contributed by atoms with van der Waals surface area (Å²) >= 11 is 0. The molecule has 0 aromatic carbocycles. The molecule has 1 aromatic heterocycles. The van der Waals surface area contributed by atoms with Gasteiger partial charge in [-0.15, -0.1) is 0 Å². The fourth-order valence-corrected chi connectivity index (χ4v) is 1.16. The number of nitrogens with two attached hydrogens (primary N) is 1. The molecule has 6 heteroatoms. The molecule has 0 aliphatic heterocycles. The number of nitrogen functional groups attached to an aromatic ring is 1. The van der Waals surface area contributed by atoms with Gasteiger partial charge in [0.15, 0.2) is 0 Å². The first-order valence-electron chi connectivity index (χ1n) is 3.65. The van der Waals surface area contributed by atoms with Crippen molar-refractivity contribution in [2.45, 2.75) is 13.8 Å². The highest BCUT2D eigenvalue weighted by molar-refractivity contribution is 5.59. The molecule has 0 atom stereocenters. The van der Waals surface area contributed by atoms with Gasteiger partial charge in [-0.2, -0.15) is 0 Å². The quantitative estimate of drug-likeness (QED) is 0.402. The fraction of sp³-hybridized carbons (Fsp3) is 0.286. The maximum absolute atomic E-state index is 10.6. The molecule has 0 bridgehead atoms. The van der Waals surface area contributed by atoms with Crippen LogP contribution in [-0.4, -0.2) is 9.91 Å². The van der Waals surface area contributed by atoms with Crippen molar-refractivity contribution in [3.8, 4) is 0 Å². The highest BCUT2D eigenvalue weighted by Gasteiger charge is 2.18.